The Balaban J connectivity index is 1.93. The zero-order valence-electron chi connectivity index (χ0n) is 11.1. The van der Waals surface area contributed by atoms with Crippen molar-refractivity contribution in [2.24, 2.45) is 0 Å². The number of halogens is 3. The number of carbonyl (C=O) groups is 2. The molecule has 1 amide bonds. The molecule has 114 valence electrons. The average Bonchev–Trinajstić information content (AvgIpc) is 2.44. The molecule has 0 saturated carbocycles. The summed E-state index contributed by atoms with van der Waals surface area (Å²) in [6, 6.07) is 9.83. The maximum absolute atomic E-state index is 13.4. The average molecular weight is 342 g/mol. The molecule has 0 heterocycles. The van der Waals surface area contributed by atoms with E-state index in [2.05, 4.69) is 5.32 Å². The molecule has 2 aromatic rings. The Morgan fingerprint density at radius 1 is 1.09 bits per heavy atom. The maximum atomic E-state index is 13.4. The van der Waals surface area contributed by atoms with Gasteiger partial charge >= 0.3 is 5.97 Å². The molecule has 0 spiro atoms. The van der Waals surface area contributed by atoms with E-state index in [0.29, 0.717) is 15.7 Å². The summed E-state index contributed by atoms with van der Waals surface area (Å²) < 4.78 is 18.1. The van der Waals surface area contributed by atoms with Crippen molar-refractivity contribution in [3.63, 3.8) is 0 Å². The van der Waals surface area contributed by atoms with Crippen LogP contribution in [0.4, 0.5) is 10.1 Å². The maximum Gasteiger partial charge on any atom is 0.341 e. The predicted octanol–water partition coefficient (Wildman–Crippen LogP) is 3.93. The normalized spacial score (nSPS) is 10.1. The van der Waals surface area contributed by atoms with Crippen LogP contribution in [0.1, 0.15) is 10.4 Å². The van der Waals surface area contributed by atoms with Gasteiger partial charge in [-0.25, -0.2) is 9.18 Å². The van der Waals surface area contributed by atoms with E-state index in [1.54, 1.807) is 0 Å². The lowest BCUT2D eigenvalue weighted by Gasteiger charge is -2.08. The summed E-state index contributed by atoms with van der Waals surface area (Å²) >= 11 is 11.6. The molecule has 0 aliphatic carbocycles. The Hall–Kier alpha value is -2.11. The molecule has 2 rings (SSSR count). The smallest absolute Gasteiger partial charge is 0.341 e. The van der Waals surface area contributed by atoms with Crippen molar-refractivity contribution < 1.29 is 18.7 Å². The second-order valence-electron chi connectivity index (χ2n) is 4.26. The molecule has 0 aromatic heterocycles. The first kappa shape index (κ1) is 16.3. The Morgan fingerprint density at radius 2 is 1.73 bits per heavy atom. The number of hydrogen-bond acceptors (Lipinski definition) is 3. The van der Waals surface area contributed by atoms with Crippen LogP contribution in [0, 0.1) is 5.82 Å². The van der Waals surface area contributed by atoms with Crippen LogP contribution < -0.4 is 5.32 Å². The first-order valence-corrected chi connectivity index (χ1v) is 6.89. The van der Waals surface area contributed by atoms with Crippen LogP contribution in [0.25, 0.3) is 0 Å². The van der Waals surface area contributed by atoms with Gasteiger partial charge in [0, 0.05) is 15.7 Å². The standard InChI is InChI=1S/C15H10Cl2FNO3/c16-9-5-10(17)7-11(6-9)19-14(20)8-22-15(21)12-3-1-2-4-13(12)18/h1-7H,8H2,(H,19,20). The highest BCUT2D eigenvalue weighted by Gasteiger charge is 2.14. The Kier molecular flexibility index (Phi) is 5.35. The fourth-order valence-electron chi connectivity index (χ4n) is 1.66. The van der Waals surface area contributed by atoms with Gasteiger partial charge in [0.05, 0.1) is 5.56 Å². The minimum Gasteiger partial charge on any atom is -0.452 e. The van der Waals surface area contributed by atoms with E-state index in [9.17, 15) is 14.0 Å². The lowest BCUT2D eigenvalue weighted by atomic mass is 10.2. The molecule has 0 atom stereocenters. The molecule has 7 heteroatoms. The quantitative estimate of drug-likeness (QED) is 0.857. The summed E-state index contributed by atoms with van der Waals surface area (Å²) in [7, 11) is 0. The highest BCUT2D eigenvalue weighted by Crippen LogP contribution is 2.22. The van der Waals surface area contributed by atoms with Crippen molar-refractivity contribution in [2.75, 3.05) is 11.9 Å². The van der Waals surface area contributed by atoms with Crippen LogP contribution in [0.3, 0.4) is 0 Å². The molecule has 22 heavy (non-hydrogen) atoms. The highest BCUT2D eigenvalue weighted by molar-refractivity contribution is 6.35. The summed E-state index contributed by atoms with van der Waals surface area (Å²) in [5, 5.41) is 3.17. The van der Waals surface area contributed by atoms with Gasteiger partial charge in [-0.1, -0.05) is 35.3 Å². The van der Waals surface area contributed by atoms with Crippen molar-refractivity contribution in [1.82, 2.24) is 0 Å². The molecule has 0 fully saturated rings. The molecule has 0 bridgehead atoms. The molecule has 0 aliphatic rings. The molecular formula is C15H10Cl2FNO3. The first-order valence-electron chi connectivity index (χ1n) is 6.13. The van der Waals surface area contributed by atoms with E-state index in [-0.39, 0.29) is 5.56 Å². The van der Waals surface area contributed by atoms with Gasteiger partial charge in [0.2, 0.25) is 0 Å². The summed E-state index contributed by atoms with van der Waals surface area (Å²) in [6.45, 7) is -0.558. The number of rotatable bonds is 4. The fourth-order valence-corrected chi connectivity index (χ4v) is 2.18. The number of ether oxygens (including phenoxy) is 1. The van der Waals surface area contributed by atoms with Gasteiger partial charge in [-0.2, -0.15) is 0 Å². The summed E-state index contributed by atoms with van der Waals surface area (Å²) in [4.78, 5) is 23.3. The zero-order chi connectivity index (χ0) is 16.1. The predicted molar refractivity (Wildman–Crippen MR) is 81.8 cm³/mol. The molecule has 4 nitrogen and oxygen atoms in total. The van der Waals surface area contributed by atoms with E-state index in [0.717, 1.165) is 6.07 Å². The van der Waals surface area contributed by atoms with E-state index in [4.69, 9.17) is 27.9 Å². The van der Waals surface area contributed by atoms with E-state index in [1.165, 1.54) is 36.4 Å². The number of carbonyl (C=O) groups excluding carboxylic acids is 2. The second-order valence-corrected chi connectivity index (χ2v) is 5.14. The monoisotopic (exact) mass is 341 g/mol. The van der Waals surface area contributed by atoms with Crippen molar-refractivity contribution in [3.8, 4) is 0 Å². The Bertz CT molecular complexity index is 701. The summed E-state index contributed by atoms with van der Waals surface area (Å²) in [5.41, 5.74) is 0.130. The van der Waals surface area contributed by atoms with Crippen LogP contribution in [0.15, 0.2) is 42.5 Å². The zero-order valence-corrected chi connectivity index (χ0v) is 12.6. The van der Waals surface area contributed by atoms with Crippen LogP contribution in [0.5, 0.6) is 0 Å². The van der Waals surface area contributed by atoms with E-state index < -0.39 is 24.3 Å². The molecule has 0 radical (unpaired) electrons. The lowest BCUT2D eigenvalue weighted by Crippen LogP contribution is -2.21. The summed E-state index contributed by atoms with van der Waals surface area (Å²) in [5.74, 6) is -2.23. The molecule has 0 saturated heterocycles. The van der Waals surface area contributed by atoms with Crippen molar-refractivity contribution in [2.45, 2.75) is 0 Å². The van der Waals surface area contributed by atoms with E-state index in [1.807, 2.05) is 0 Å². The van der Waals surface area contributed by atoms with Crippen molar-refractivity contribution in [3.05, 3.63) is 63.9 Å². The van der Waals surface area contributed by atoms with E-state index >= 15 is 0 Å². The van der Waals surface area contributed by atoms with Gasteiger partial charge in [0.1, 0.15) is 5.82 Å². The SMILES string of the molecule is O=C(COC(=O)c1ccccc1F)Nc1cc(Cl)cc(Cl)c1. The Labute approximate surface area is 135 Å². The Morgan fingerprint density at radius 3 is 2.36 bits per heavy atom. The number of anilines is 1. The minimum absolute atomic E-state index is 0.235. The van der Waals surface area contributed by atoms with Crippen LogP contribution in [-0.2, 0) is 9.53 Å². The summed E-state index contributed by atoms with van der Waals surface area (Å²) in [6.07, 6.45) is 0. The molecule has 1 N–H and O–H groups in total. The number of benzene rings is 2. The third-order valence-corrected chi connectivity index (χ3v) is 3.01. The third kappa shape index (κ3) is 4.44. The van der Waals surface area contributed by atoms with Gasteiger partial charge in [-0.05, 0) is 30.3 Å². The van der Waals surface area contributed by atoms with Gasteiger partial charge in [0.15, 0.2) is 6.61 Å². The van der Waals surface area contributed by atoms with Crippen molar-refractivity contribution >= 4 is 40.8 Å². The number of hydrogen-bond donors (Lipinski definition) is 1. The van der Waals surface area contributed by atoms with Crippen LogP contribution in [0.2, 0.25) is 10.0 Å². The molecule has 0 unspecified atom stereocenters. The number of nitrogens with one attached hydrogen (secondary N) is 1. The lowest BCUT2D eigenvalue weighted by molar-refractivity contribution is -0.119. The molecule has 0 aliphatic heterocycles. The number of amides is 1. The van der Waals surface area contributed by atoms with Crippen LogP contribution in [-0.4, -0.2) is 18.5 Å². The first-order chi connectivity index (χ1) is 10.5. The van der Waals surface area contributed by atoms with Crippen molar-refractivity contribution in [1.29, 1.82) is 0 Å². The second kappa shape index (κ2) is 7.24. The minimum atomic E-state index is -0.919. The fraction of sp³-hybridized carbons (Fsp3) is 0.0667. The molecular weight excluding hydrogens is 332 g/mol. The largest absolute Gasteiger partial charge is 0.452 e. The van der Waals surface area contributed by atoms with Gasteiger partial charge < -0.3 is 10.1 Å². The van der Waals surface area contributed by atoms with Gasteiger partial charge in [-0.15, -0.1) is 0 Å². The topological polar surface area (TPSA) is 55.4 Å². The number of esters is 1. The van der Waals surface area contributed by atoms with Crippen LogP contribution >= 0.6 is 23.2 Å². The molecule has 2 aromatic carbocycles. The highest BCUT2D eigenvalue weighted by atomic mass is 35.5. The third-order valence-electron chi connectivity index (χ3n) is 2.57. The van der Waals surface area contributed by atoms with Gasteiger partial charge in [-0.3, -0.25) is 4.79 Å². The van der Waals surface area contributed by atoms with Gasteiger partial charge in [0.25, 0.3) is 5.91 Å².